The summed E-state index contributed by atoms with van der Waals surface area (Å²) in [7, 11) is 0. The molecule has 2 aromatic heterocycles. The minimum atomic E-state index is 0.779. The Kier molecular flexibility index (Phi) is 3.03. The minimum Gasteiger partial charge on any atom is -0.370 e. The van der Waals surface area contributed by atoms with Crippen molar-refractivity contribution in [2.75, 3.05) is 11.9 Å². The summed E-state index contributed by atoms with van der Waals surface area (Å²) in [6.45, 7) is 7.84. The van der Waals surface area contributed by atoms with E-state index in [4.69, 9.17) is 0 Å². The smallest absolute Gasteiger partial charge is 0.163 e. The van der Waals surface area contributed by atoms with Crippen LogP contribution in [0.4, 0.5) is 5.82 Å². The molecule has 5 nitrogen and oxygen atoms in total. The lowest BCUT2D eigenvalue weighted by Crippen LogP contribution is -2.05. The highest BCUT2D eigenvalue weighted by Crippen LogP contribution is 2.19. The summed E-state index contributed by atoms with van der Waals surface area (Å²) in [5.41, 5.74) is 0.922. The van der Waals surface area contributed by atoms with Crippen LogP contribution in [0.5, 0.6) is 0 Å². The lowest BCUT2D eigenvalue weighted by Gasteiger charge is -2.05. The average Bonchev–Trinajstić information content (AvgIpc) is 2.63. The number of fused-ring (bicyclic) bond motifs is 1. The number of hydrogen-bond donors (Lipinski definition) is 1. The van der Waals surface area contributed by atoms with Crippen molar-refractivity contribution in [2.24, 2.45) is 0 Å². The highest BCUT2D eigenvalue weighted by Gasteiger charge is 2.09. The summed E-state index contributed by atoms with van der Waals surface area (Å²) in [6.07, 6.45) is 2.89. The van der Waals surface area contributed by atoms with Gasteiger partial charge in [0.05, 0.1) is 11.6 Å². The topological polar surface area (TPSA) is 55.6 Å². The van der Waals surface area contributed by atoms with Crippen LogP contribution in [0.25, 0.3) is 11.0 Å². The van der Waals surface area contributed by atoms with Crippen LogP contribution in [0.15, 0.2) is 6.20 Å². The Morgan fingerprint density at radius 3 is 2.81 bits per heavy atom. The normalized spacial score (nSPS) is 10.9. The molecule has 0 atom stereocenters. The lowest BCUT2D eigenvalue weighted by atomic mass is 10.3. The van der Waals surface area contributed by atoms with Crippen molar-refractivity contribution < 1.29 is 0 Å². The summed E-state index contributed by atoms with van der Waals surface area (Å²) in [4.78, 5) is 8.84. The molecule has 0 spiro atoms. The van der Waals surface area contributed by atoms with E-state index in [1.165, 1.54) is 0 Å². The molecule has 86 valence electrons. The predicted molar refractivity (Wildman–Crippen MR) is 64.5 cm³/mol. The number of aromatic nitrogens is 4. The fourth-order valence-electron chi connectivity index (χ4n) is 1.74. The molecule has 5 heteroatoms. The van der Waals surface area contributed by atoms with Gasteiger partial charge >= 0.3 is 0 Å². The maximum atomic E-state index is 4.45. The van der Waals surface area contributed by atoms with E-state index in [9.17, 15) is 0 Å². The van der Waals surface area contributed by atoms with E-state index in [-0.39, 0.29) is 0 Å². The molecule has 1 N–H and O–H groups in total. The quantitative estimate of drug-likeness (QED) is 0.854. The molecule has 2 rings (SSSR count). The van der Waals surface area contributed by atoms with Crippen LogP contribution in [0.2, 0.25) is 0 Å². The Bertz CT molecular complexity index is 488. The number of aryl methyl sites for hydroxylation is 2. The summed E-state index contributed by atoms with van der Waals surface area (Å²) in [5.74, 6) is 1.66. The van der Waals surface area contributed by atoms with Crippen LogP contribution in [0, 0.1) is 6.92 Å². The van der Waals surface area contributed by atoms with Crippen molar-refractivity contribution in [3.63, 3.8) is 0 Å². The van der Waals surface area contributed by atoms with Gasteiger partial charge in [-0.3, -0.25) is 0 Å². The summed E-state index contributed by atoms with van der Waals surface area (Å²) in [5, 5.41) is 8.59. The summed E-state index contributed by atoms with van der Waals surface area (Å²) in [6, 6.07) is 0. The standard InChI is InChI=1S/C11H17N5/c1-4-6-16-11-9(7-13-16)10(12-5-2)14-8(3)15-11/h7H,4-6H2,1-3H3,(H,12,14,15). The van der Waals surface area contributed by atoms with Crippen LogP contribution in [-0.2, 0) is 6.54 Å². The molecular weight excluding hydrogens is 202 g/mol. The Balaban J connectivity index is 2.56. The molecule has 0 aliphatic carbocycles. The number of anilines is 1. The molecule has 0 radical (unpaired) electrons. The van der Waals surface area contributed by atoms with Crippen molar-refractivity contribution in [1.82, 2.24) is 19.7 Å². The van der Waals surface area contributed by atoms with E-state index in [1.807, 2.05) is 17.8 Å². The monoisotopic (exact) mass is 219 g/mol. The zero-order chi connectivity index (χ0) is 11.5. The number of rotatable bonds is 4. The lowest BCUT2D eigenvalue weighted by molar-refractivity contribution is 0.616. The summed E-state index contributed by atoms with van der Waals surface area (Å²) >= 11 is 0. The van der Waals surface area contributed by atoms with Gasteiger partial charge in [0.25, 0.3) is 0 Å². The molecule has 0 unspecified atom stereocenters. The van der Waals surface area contributed by atoms with Crippen molar-refractivity contribution >= 4 is 16.9 Å². The van der Waals surface area contributed by atoms with E-state index in [2.05, 4.69) is 34.2 Å². The highest BCUT2D eigenvalue weighted by molar-refractivity contribution is 5.86. The molecule has 0 aliphatic rings. The first kappa shape index (κ1) is 10.9. The van der Waals surface area contributed by atoms with Gasteiger partial charge in [0, 0.05) is 13.1 Å². The van der Waals surface area contributed by atoms with Crippen molar-refractivity contribution in [2.45, 2.75) is 33.7 Å². The SMILES string of the molecule is CCCn1ncc2c(NCC)nc(C)nc21. The fourth-order valence-corrected chi connectivity index (χ4v) is 1.74. The van der Waals surface area contributed by atoms with Gasteiger partial charge in [-0.1, -0.05) is 6.92 Å². The van der Waals surface area contributed by atoms with Crippen LogP contribution >= 0.6 is 0 Å². The molecule has 0 saturated heterocycles. The van der Waals surface area contributed by atoms with Gasteiger partial charge in [0.2, 0.25) is 0 Å². The number of hydrogen-bond acceptors (Lipinski definition) is 4. The van der Waals surface area contributed by atoms with Crippen LogP contribution in [0.1, 0.15) is 26.1 Å². The number of nitrogens with one attached hydrogen (secondary N) is 1. The fraction of sp³-hybridized carbons (Fsp3) is 0.545. The second-order valence-corrected chi connectivity index (χ2v) is 3.75. The van der Waals surface area contributed by atoms with Crippen molar-refractivity contribution in [3.05, 3.63) is 12.0 Å². The first-order valence-electron chi connectivity index (χ1n) is 5.70. The molecule has 0 saturated carbocycles. The Morgan fingerprint density at radius 2 is 2.12 bits per heavy atom. The van der Waals surface area contributed by atoms with E-state index in [0.29, 0.717) is 0 Å². The maximum Gasteiger partial charge on any atom is 0.163 e. The van der Waals surface area contributed by atoms with Crippen molar-refractivity contribution in [3.8, 4) is 0 Å². The van der Waals surface area contributed by atoms with Crippen LogP contribution < -0.4 is 5.32 Å². The van der Waals surface area contributed by atoms with Gasteiger partial charge < -0.3 is 5.32 Å². The average molecular weight is 219 g/mol. The largest absolute Gasteiger partial charge is 0.370 e. The summed E-state index contributed by atoms with van der Waals surface area (Å²) < 4.78 is 1.94. The molecule has 0 bridgehead atoms. The Hall–Kier alpha value is -1.65. The molecule has 0 fully saturated rings. The molecule has 2 heterocycles. The van der Waals surface area contributed by atoms with E-state index in [0.717, 1.165) is 42.2 Å². The predicted octanol–water partition coefficient (Wildman–Crippen LogP) is 1.98. The molecule has 0 aliphatic heterocycles. The van der Waals surface area contributed by atoms with Gasteiger partial charge in [0.15, 0.2) is 5.65 Å². The van der Waals surface area contributed by atoms with Crippen molar-refractivity contribution in [1.29, 1.82) is 0 Å². The van der Waals surface area contributed by atoms with Crippen LogP contribution in [-0.4, -0.2) is 26.3 Å². The third kappa shape index (κ3) is 1.85. The zero-order valence-corrected chi connectivity index (χ0v) is 9.99. The van der Waals surface area contributed by atoms with E-state index >= 15 is 0 Å². The third-order valence-electron chi connectivity index (χ3n) is 2.39. The first-order chi connectivity index (χ1) is 7.76. The number of nitrogens with zero attached hydrogens (tertiary/aromatic N) is 4. The minimum absolute atomic E-state index is 0.779. The van der Waals surface area contributed by atoms with Gasteiger partial charge in [-0.05, 0) is 20.3 Å². The second-order valence-electron chi connectivity index (χ2n) is 3.75. The van der Waals surface area contributed by atoms with Gasteiger partial charge in [-0.25, -0.2) is 14.6 Å². The molecule has 16 heavy (non-hydrogen) atoms. The van der Waals surface area contributed by atoms with E-state index in [1.54, 1.807) is 0 Å². The van der Waals surface area contributed by atoms with Gasteiger partial charge in [-0.15, -0.1) is 0 Å². The molecule has 0 amide bonds. The van der Waals surface area contributed by atoms with Crippen LogP contribution in [0.3, 0.4) is 0 Å². The van der Waals surface area contributed by atoms with E-state index < -0.39 is 0 Å². The van der Waals surface area contributed by atoms with Gasteiger partial charge in [0.1, 0.15) is 11.6 Å². The Morgan fingerprint density at radius 1 is 1.31 bits per heavy atom. The molecular formula is C11H17N5. The highest BCUT2D eigenvalue weighted by atomic mass is 15.3. The maximum absolute atomic E-state index is 4.45. The molecule has 0 aromatic carbocycles. The van der Waals surface area contributed by atoms with Gasteiger partial charge in [-0.2, -0.15) is 5.10 Å². The molecule has 2 aromatic rings. The first-order valence-corrected chi connectivity index (χ1v) is 5.70. The Labute approximate surface area is 94.9 Å². The second kappa shape index (κ2) is 4.47. The third-order valence-corrected chi connectivity index (χ3v) is 2.39. The zero-order valence-electron chi connectivity index (χ0n) is 9.99.